The van der Waals surface area contributed by atoms with E-state index in [1.807, 2.05) is 57.6 Å². The van der Waals surface area contributed by atoms with Gasteiger partial charge in [0.25, 0.3) is 0 Å². The molecule has 4 heterocycles. The summed E-state index contributed by atoms with van der Waals surface area (Å²) in [4.78, 5) is 0. The molecule has 0 aromatic carbocycles. The van der Waals surface area contributed by atoms with E-state index in [2.05, 4.69) is 6.58 Å². The summed E-state index contributed by atoms with van der Waals surface area (Å²) in [5.41, 5.74) is 3.55. The lowest BCUT2D eigenvalue weighted by Crippen LogP contribution is -1.88. The Morgan fingerprint density at radius 3 is 1.68 bits per heavy atom. The second-order valence-corrected chi connectivity index (χ2v) is 5.24. The Morgan fingerprint density at radius 1 is 0.773 bits per heavy atom. The van der Waals surface area contributed by atoms with Crippen LogP contribution < -0.4 is 0 Å². The van der Waals surface area contributed by atoms with Crippen LogP contribution in [-0.2, 0) is 0 Å². The number of pyridine rings is 2. The Morgan fingerprint density at radius 2 is 1.23 bits per heavy atom. The van der Waals surface area contributed by atoms with Gasteiger partial charge in [-0.2, -0.15) is 0 Å². The molecule has 0 saturated heterocycles. The summed E-state index contributed by atoms with van der Waals surface area (Å²) >= 11 is 0. The average Bonchev–Trinajstić information content (AvgIpc) is 3.01. The lowest BCUT2D eigenvalue weighted by molar-refractivity contribution is 0.472. The minimum absolute atomic E-state index is 0.144. The van der Waals surface area contributed by atoms with Gasteiger partial charge < -0.3 is 19.0 Å². The van der Waals surface area contributed by atoms with Crippen molar-refractivity contribution in [3.05, 3.63) is 78.9 Å². The highest BCUT2D eigenvalue weighted by atomic mass is 16.3. The fourth-order valence-corrected chi connectivity index (χ4v) is 2.96. The van der Waals surface area contributed by atoms with Crippen LogP contribution in [0.3, 0.4) is 0 Å². The van der Waals surface area contributed by atoms with Crippen molar-refractivity contribution in [2.24, 2.45) is 0 Å². The maximum atomic E-state index is 10.3. The zero-order chi connectivity index (χ0) is 15.3. The van der Waals surface area contributed by atoms with Gasteiger partial charge in [0.05, 0.1) is 23.4 Å². The molecule has 4 aromatic heterocycles. The normalized spacial score (nSPS) is 11.3. The first-order chi connectivity index (χ1) is 10.7. The van der Waals surface area contributed by atoms with Crippen LogP contribution in [0.5, 0.6) is 11.5 Å². The molecule has 0 atom stereocenters. The third-order valence-corrected chi connectivity index (χ3v) is 3.93. The molecule has 4 aromatic rings. The number of hydrogen-bond donors (Lipinski definition) is 2. The van der Waals surface area contributed by atoms with E-state index in [1.165, 1.54) is 0 Å². The highest BCUT2D eigenvalue weighted by Crippen LogP contribution is 2.40. The molecule has 0 aliphatic carbocycles. The van der Waals surface area contributed by atoms with Crippen molar-refractivity contribution >= 4 is 16.6 Å². The van der Waals surface area contributed by atoms with E-state index in [1.54, 1.807) is 12.4 Å². The minimum atomic E-state index is 0.144. The Kier molecular flexibility index (Phi) is 2.53. The summed E-state index contributed by atoms with van der Waals surface area (Å²) in [5, 5.41) is 20.6. The first-order valence-electron chi connectivity index (χ1n) is 6.94. The van der Waals surface area contributed by atoms with Crippen LogP contribution in [-0.4, -0.2) is 19.0 Å². The number of aromatic hydroxyl groups is 2. The van der Waals surface area contributed by atoms with Crippen LogP contribution in [0, 0.1) is 0 Å². The molecule has 0 amide bonds. The molecule has 22 heavy (non-hydrogen) atoms. The van der Waals surface area contributed by atoms with Crippen LogP contribution in [0.2, 0.25) is 0 Å². The van der Waals surface area contributed by atoms with E-state index in [9.17, 15) is 10.2 Å². The van der Waals surface area contributed by atoms with Crippen molar-refractivity contribution in [3.8, 4) is 11.5 Å². The largest absolute Gasteiger partial charge is 0.506 e. The van der Waals surface area contributed by atoms with Gasteiger partial charge in [-0.05, 0) is 29.8 Å². The van der Waals surface area contributed by atoms with Crippen molar-refractivity contribution in [3.63, 3.8) is 0 Å². The van der Waals surface area contributed by atoms with Gasteiger partial charge in [-0.25, -0.2) is 0 Å². The van der Waals surface area contributed by atoms with E-state index < -0.39 is 0 Å². The standard InChI is InChI=1S/C18H14N2O2/c1-12(17-13-6-2-4-8-19(13)10-15(17)21)18-14-7-3-5-9-20(14)11-16(18)22/h2-11,21-22H,1H2. The monoisotopic (exact) mass is 290 g/mol. The SMILES string of the molecule is C=C(c1c(O)cn2ccccc12)c1c(O)cn2ccccc12. The Labute approximate surface area is 126 Å². The van der Waals surface area contributed by atoms with Gasteiger partial charge in [-0.15, -0.1) is 0 Å². The lowest BCUT2D eigenvalue weighted by Gasteiger charge is -2.06. The molecule has 4 nitrogen and oxygen atoms in total. The fourth-order valence-electron chi connectivity index (χ4n) is 2.96. The van der Waals surface area contributed by atoms with Crippen LogP contribution >= 0.6 is 0 Å². The zero-order valence-electron chi connectivity index (χ0n) is 11.8. The summed E-state index contributed by atoms with van der Waals surface area (Å²) in [5.74, 6) is 0.289. The topological polar surface area (TPSA) is 49.3 Å². The molecule has 108 valence electrons. The number of hydrogen-bond acceptors (Lipinski definition) is 2. The molecule has 0 bridgehead atoms. The predicted molar refractivity (Wildman–Crippen MR) is 86.3 cm³/mol. The Balaban J connectivity index is 2.00. The van der Waals surface area contributed by atoms with Gasteiger partial charge in [-0.1, -0.05) is 18.7 Å². The molecule has 0 spiro atoms. The van der Waals surface area contributed by atoms with Crippen molar-refractivity contribution in [1.82, 2.24) is 8.80 Å². The highest BCUT2D eigenvalue weighted by molar-refractivity contribution is 5.96. The molecule has 0 aliphatic rings. The number of rotatable bonds is 2. The lowest BCUT2D eigenvalue weighted by atomic mass is 10.00. The molecular formula is C18H14N2O2. The van der Waals surface area contributed by atoms with E-state index >= 15 is 0 Å². The van der Waals surface area contributed by atoms with E-state index in [0.717, 1.165) is 11.0 Å². The smallest absolute Gasteiger partial charge is 0.142 e. The number of fused-ring (bicyclic) bond motifs is 2. The van der Waals surface area contributed by atoms with E-state index in [-0.39, 0.29) is 11.5 Å². The maximum Gasteiger partial charge on any atom is 0.142 e. The number of aromatic nitrogens is 2. The third-order valence-electron chi connectivity index (χ3n) is 3.93. The second kappa shape index (κ2) is 4.43. The summed E-state index contributed by atoms with van der Waals surface area (Å²) < 4.78 is 3.68. The van der Waals surface area contributed by atoms with Crippen molar-refractivity contribution in [2.75, 3.05) is 0 Å². The van der Waals surface area contributed by atoms with E-state index in [4.69, 9.17) is 0 Å². The summed E-state index contributed by atoms with van der Waals surface area (Å²) in [6, 6.07) is 11.4. The molecule has 0 saturated carbocycles. The van der Waals surface area contributed by atoms with Crippen LogP contribution in [0.1, 0.15) is 11.1 Å². The van der Waals surface area contributed by atoms with Gasteiger partial charge in [0.2, 0.25) is 0 Å². The van der Waals surface area contributed by atoms with Gasteiger partial charge in [0.1, 0.15) is 11.5 Å². The summed E-state index contributed by atoms with van der Waals surface area (Å²) in [6.07, 6.45) is 7.02. The van der Waals surface area contributed by atoms with Crippen LogP contribution in [0.25, 0.3) is 16.6 Å². The zero-order valence-corrected chi connectivity index (χ0v) is 11.8. The van der Waals surface area contributed by atoms with Gasteiger partial charge in [0.15, 0.2) is 0 Å². The first-order valence-corrected chi connectivity index (χ1v) is 6.94. The summed E-state index contributed by atoms with van der Waals surface area (Å²) in [7, 11) is 0. The van der Waals surface area contributed by atoms with Gasteiger partial charge in [0, 0.05) is 23.5 Å². The minimum Gasteiger partial charge on any atom is -0.506 e. The predicted octanol–water partition coefficient (Wildman–Crippen LogP) is 3.66. The molecular weight excluding hydrogens is 276 g/mol. The van der Waals surface area contributed by atoms with E-state index in [0.29, 0.717) is 16.7 Å². The number of nitrogens with zero attached hydrogens (tertiary/aromatic N) is 2. The van der Waals surface area contributed by atoms with Gasteiger partial charge >= 0.3 is 0 Å². The molecule has 0 aliphatic heterocycles. The molecule has 0 radical (unpaired) electrons. The van der Waals surface area contributed by atoms with Crippen molar-refractivity contribution < 1.29 is 10.2 Å². The molecule has 4 heteroatoms. The Hall–Kier alpha value is -3.14. The maximum absolute atomic E-state index is 10.3. The van der Waals surface area contributed by atoms with Crippen LogP contribution in [0.15, 0.2) is 67.8 Å². The van der Waals surface area contributed by atoms with Gasteiger partial charge in [-0.3, -0.25) is 0 Å². The molecule has 0 unspecified atom stereocenters. The fraction of sp³-hybridized carbons (Fsp3) is 0. The van der Waals surface area contributed by atoms with Crippen molar-refractivity contribution in [2.45, 2.75) is 0 Å². The average molecular weight is 290 g/mol. The van der Waals surface area contributed by atoms with Crippen LogP contribution in [0.4, 0.5) is 0 Å². The molecule has 0 fully saturated rings. The molecule has 2 N–H and O–H groups in total. The second-order valence-electron chi connectivity index (χ2n) is 5.24. The van der Waals surface area contributed by atoms with Crippen molar-refractivity contribution in [1.29, 1.82) is 0 Å². The highest BCUT2D eigenvalue weighted by Gasteiger charge is 2.19. The summed E-state index contributed by atoms with van der Waals surface area (Å²) in [6.45, 7) is 4.11. The third kappa shape index (κ3) is 1.64. The Bertz CT molecular complexity index is 942. The quantitative estimate of drug-likeness (QED) is 0.592. The first kappa shape index (κ1) is 12.6. The molecule has 4 rings (SSSR count).